The molecule has 2 aromatic heterocycles. The lowest BCUT2D eigenvalue weighted by molar-refractivity contribution is -0.116. The summed E-state index contributed by atoms with van der Waals surface area (Å²) in [6, 6.07) is 13.2. The van der Waals surface area contributed by atoms with Crippen molar-refractivity contribution in [1.82, 2.24) is 14.8 Å². The molecule has 3 aromatic rings. The number of anilines is 1. The number of amides is 1. The summed E-state index contributed by atoms with van der Waals surface area (Å²) in [4.78, 5) is 12.2. The average molecular weight is 322 g/mol. The van der Waals surface area contributed by atoms with Crippen molar-refractivity contribution in [2.24, 2.45) is 0 Å². The average Bonchev–Trinajstić information content (AvgIpc) is 3.16. The minimum atomic E-state index is -0.0996. The van der Waals surface area contributed by atoms with E-state index in [-0.39, 0.29) is 12.5 Å². The van der Waals surface area contributed by atoms with Crippen LogP contribution in [0.25, 0.3) is 11.6 Å². The Morgan fingerprint density at radius 1 is 1.17 bits per heavy atom. The molecule has 0 spiro atoms. The van der Waals surface area contributed by atoms with Crippen LogP contribution in [0.2, 0.25) is 0 Å². The van der Waals surface area contributed by atoms with Crippen LogP contribution in [-0.4, -0.2) is 20.7 Å². The van der Waals surface area contributed by atoms with E-state index in [1.165, 1.54) is 6.42 Å². The van der Waals surface area contributed by atoms with Gasteiger partial charge in [0.15, 0.2) is 0 Å². The highest BCUT2D eigenvalue weighted by Gasteiger charge is 2.26. The Hall–Kier alpha value is -2.89. The van der Waals surface area contributed by atoms with Gasteiger partial charge in [-0.05, 0) is 37.1 Å². The van der Waals surface area contributed by atoms with Gasteiger partial charge < -0.3 is 14.3 Å². The fourth-order valence-corrected chi connectivity index (χ4v) is 2.78. The molecule has 6 heteroatoms. The first-order valence-electron chi connectivity index (χ1n) is 8.13. The van der Waals surface area contributed by atoms with Crippen molar-refractivity contribution in [2.45, 2.75) is 31.7 Å². The van der Waals surface area contributed by atoms with Crippen LogP contribution in [0.15, 0.2) is 53.1 Å². The minimum Gasteiger partial charge on any atom is -0.419 e. The van der Waals surface area contributed by atoms with Gasteiger partial charge >= 0.3 is 0 Å². The smallest absolute Gasteiger partial charge is 0.264 e. The number of rotatable bonds is 5. The lowest BCUT2D eigenvalue weighted by Crippen LogP contribution is -2.18. The van der Waals surface area contributed by atoms with Gasteiger partial charge in [-0.15, -0.1) is 10.2 Å². The predicted molar refractivity (Wildman–Crippen MR) is 89.4 cm³/mol. The van der Waals surface area contributed by atoms with Crippen molar-refractivity contribution >= 4 is 11.6 Å². The van der Waals surface area contributed by atoms with Crippen LogP contribution in [0.4, 0.5) is 5.69 Å². The van der Waals surface area contributed by atoms with Crippen LogP contribution in [-0.2, 0) is 11.3 Å². The summed E-state index contributed by atoms with van der Waals surface area (Å²) in [6.07, 6.45) is 5.29. The number of hydrogen-bond donors (Lipinski definition) is 1. The van der Waals surface area contributed by atoms with Crippen molar-refractivity contribution in [3.63, 3.8) is 0 Å². The first kappa shape index (κ1) is 14.7. The largest absolute Gasteiger partial charge is 0.419 e. The molecule has 0 radical (unpaired) electrons. The molecular weight excluding hydrogens is 304 g/mol. The van der Waals surface area contributed by atoms with E-state index in [1.54, 1.807) is 0 Å². The standard InChI is InChI=1S/C18H18N4O2/c23-16(19-14-8-2-1-3-9-14)12-22-11-5-10-15(22)18-21-20-17(24-18)13-6-4-7-13/h1-3,5,8-11,13H,4,6-7,12H2,(H,19,23). The van der Waals surface area contributed by atoms with Crippen molar-refractivity contribution in [3.8, 4) is 11.6 Å². The number of nitrogens with zero attached hydrogens (tertiary/aromatic N) is 3. The number of benzene rings is 1. The summed E-state index contributed by atoms with van der Waals surface area (Å²) in [5, 5.41) is 11.2. The molecule has 1 aromatic carbocycles. The number of hydrogen-bond acceptors (Lipinski definition) is 4. The molecule has 1 fully saturated rings. The molecule has 4 rings (SSSR count). The topological polar surface area (TPSA) is 73.0 Å². The van der Waals surface area contributed by atoms with E-state index < -0.39 is 0 Å². The molecule has 122 valence electrons. The Morgan fingerprint density at radius 2 is 2.00 bits per heavy atom. The van der Waals surface area contributed by atoms with Gasteiger partial charge in [0.25, 0.3) is 5.89 Å². The van der Waals surface area contributed by atoms with Crippen molar-refractivity contribution in [1.29, 1.82) is 0 Å². The van der Waals surface area contributed by atoms with Crippen molar-refractivity contribution < 1.29 is 9.21 Å². The highest BCUT2D eigenvalue weighted by Crippen LogP contribution is 2.36. The zero-order valence-corrected chi connectivity index (χ0v) is 13.2. The van der Waals surface area contributed by atoms with Crippen LogP contribution in [0.1, 0.15) is 31.1 Å². The molecule has 1 aliphatic carbocycles. The van der Waals surface area contributed by atoms with E-state index in [4.69, 9.17) is 4.42 Å². The molecule has 0 saturated heterocycles. The monoisotopic (exact) mass is 322 g/mol. The van der Waals surface area contributed by atoms with Crippen LogP contribution < -0.4 is 5.32 Å². The number of carbonyl (C=O) groups is 1. The zero-order chi connectivity index (χ0) is 16.4. The van der Waals surface area contributed by atoms with Gasteiger partial charge in [0.2, 0.25) is 11.8 Å². The molecule has 0 atom stereocenters. The van der Waals surface area contributed by atoms with Crippen molar-refractivity contribution in [2.75, 3.05) is 5.32 Å². The Bertz CT molecular complexity index is 834. The lowest BCUT2D eigenvalue weighted by atomic mass is 9.85. The lowest BCUT2D eigenvalue weighted by Gasteiger charge is -2.20. The van der Waals surface area contributed by atoms with Crippen LogP contribution in [0, 0.1) is 0 Å². The number of nitrogens with one attached hydrogen (secondary N) is 1. The quantitative estimate of drug-likeness (QED) is 0.781. The predicted octanol–water partition coefficient (Wildman–Crippen LogP) is 3.44. The van der Waals surface area contributed by atoms with E-state index in [1.807, 2.05) is 53.2 Å². The number of aromatic nitrogens is 3. The summed E-state index contributed by atoms with van der Waals surface area (Å²) >= 11 is 0. The van der Waals surface area contributed by atoms with Crippen LogP contribution >= 0.6 is 0 Å². The third-order valence-corrected chi connectivity index (χ3v) is 4.32. The van der Waals surface area contributed by atoms with E-state index in [9.17, 15) is 4.79 Å². The summed E-state index contributed by atoms with van der Waals surface area (Å²) < 4.78 is 7.61. The third kappa shape index (κ3) is 2.95. The second-order valence-corrected chi connectivity index (χ2v) is 6.01. The SMILES string of the molecule is O=C(Cn1cccc1-c1nnc(C2CCC2)o1)Nc1ccccc1. The van der Waals surface area contributed by atoms with Gasteiger partial charge in [-0.25, -0.2) is 0 Å². The third-order valence-electron chi connectivity index (χ3n) is 4.32. The molecule has 0 unspecified atom stereocenters. The van der Waals surface area contributed by atoms with Crippen LogP contribution in [0.5, 0.6) is 0 Å². The number of carbonyl (C=O) groups excluding carboxylic acids is 1. The Labute approximate surface area is 139 Å². The first-order chi connectivity index (χ1) is 11.8. The van der Waals surface area contributed by atoms with Gasteiger partial charge in [0, 0.05) is 17.8 Å². The maximum absolute atomic E-state index is 12.2. The molecule has 1 saturated carbocycles. The second-order valence-electron chi connectivity index (χ2n) is 6.01. The molecular formula is C18H18N4O2. The summed E-state index contributed by atoms with van der Waals surface area (Å²) in [5.74, 6) is 1.47. The highest BCUT2D eigenvalue weighted by molar-refractivity contribution is 5.90. The molecule has 6 nitrogen and oxygen atoms in total. The van der Waals surface area contributed by atoms with Gasteiger partial charge in [-0.2, -0.15) is 0 Å². The molecule has 0 aliphatic heterocycles. The normalized spacial score (nSPS) is 14.3. The second kappa shape index (κ2) is 6.31. The molecule has 1 N–H and O–H groups in total. The summed E-state index contributed by atoms with van der Waals surface area (Å²) in [5.41, 5.74) is 1.54. The maximum atomic E-state index is 12.2. The Balaban J connectivity index is 1.48. The van der Waals surface area contributed by atoms with E-state index in [0.29, 0.717) is 17.7 Å². The van der Waals surface area contributed by atoms with Crippen LogP contribution in [0.3, 0.4) is 0 Å². The molecule has 0 bridgehead atoms. The number of para-hydroxylation sites is 1. The Kier molecular flexibility index (Phi) is 3.86. The van der Waals surface area contributed by atoms with Crippen molar-refractivity contribution in [3.05, 3.63) is 54.6 Å². The van der Waals surface area contributed by atoms with Gasteiger partial charge in [-0.1, -0.05) is 24.6 Å². The van der Waals surface area contributed by atoms with Gasteiger partial charge in [0.05, 0.1) is 0 Å². The molecule has 1 amide bonds. The van der Waals surface area contributed by atoms with E-state index >= 15 is 0 Å². The van der Waals surface area contributed by atoms with Gasteiger partial charge in [-0.3, -0.25) is 4.79 Å². The first-order valence-corrected chi connectivity index (χ1v) is 8.13. The molecule has 1 aliphatic rings. The molecule has 24 heavy (non-hydrogen) atoms. The van der Waals surface area contributed by atoms with E-state index in [0.717, 1.165) is 24.2 Å². The highest BCUT2D eigenvalue weighted by atomic mass is 16.4. The maximum Gasteiger partial charge on any atom is 0.264 e. The summed E-state index contributed by atoms with van der Waals surface area (Å²) in [7, 11) is 0. The zero-order valence-electron chi connectivity index (χ0n) is 13.2. The fourth-order valence-electron chi connectivity index (χ4n) is 2.78. The summed E-state index contributed by atoms with van der Waals surface area (Å²) in [6.45, 7) is 0.193. The fraction of sp³-hybridized carbons (Fsp3) is 0.278. The van der Waals surface area contributed by atoms with Gasteiger partial charge in [0.1, 0.15) is 12.2 Å². The Morgan fingerprint density at radius 3 is 2.75 bits per heavy atom. The molecule has 2 heterocycles. The minimum absolute atomic E-state index is 0.0996. The van der Waals surface area contributed by atoms with E-state index in [2.05, 4.69) is 15.5 Å².